The standard InChI is InChI=1S/C18H20ClN3O4/c19-14-8-11(18(24)25)3-6-16(14)26-10-12-4-5-15(21-12)17(23)22-7-1-2-13(22)9-20/h3,6,8,12-13,15,21H,1-2,4-5,7,10H2,(H,24,25)/t12-,13+,15+/m1/s1. The monoisotopic (exact) mass is 377 g/mol. The van der Waals surface area contributed by atoms with Gasteiger partial charge in [-0.05, 0) is 43.9 Å². The van der Waals surface area contributed by atoms with E-state index in [0.717, 1.165) is 19.3 Å². The molecule has 7 nitrogen and oxygen atoms in total. The zero-order valence-corrected chi connectivity index (χ0v) is 14.9. The van der Waals surface area contributed by atoms with Gasteiger partial charge in [0.05, 0.1) is 22.7 Å². The largest absolute Gasteiger partial charge is 0.490 e. The third kappa shape index (κ3) is 3.92. The summed E-state index contributed by atoms with van der Waals surface area (Å²) in [6.45, 7) is 0.972. The fraction of sp³-hybridized carbons (Fsp3) is 0.500. The zero-order chi connectivity index (χ0) is 18.7. The van der Waals surface area contributed by atoms with Crippen LogP contribution in [0.25, 0.3) is 0 Å². The molecule has 3 rings (SSSR count). The van der Waals surface area contributed by atoms with Gasteiger partial charge in [-0.25, -0.2) is 4.79 Å². The molecule has 1 amide bonds. The van der Waals surface area contributed by atoms with Crippen LogP contribution in [-0.2, 0) is 4.79 Å². The van der Waals surface area contributed by atoms with Crippen molar-refractivity contribution in [1.29, 1.82) is 5.26 Å². The first-order chi connectivity index (χ1) is 12.5. The molecule has 0 unspecified atom stereocenters. The Morgan fingerprint density at radius 3 is 2.88 bits per heavy atom. The van der Waals surface area contributed by atoms with Crippen LogP contribution in [-0.4, -0.2) is 53.2 Å². The summed E-state index contributed by atoms with van der Waals surface area (Å²) in [4.78, 5) is 25.2. The van der Waals surface area contributed by atoms with Gasteiger partial charge >= 0.3 is 5.97 Å². The highest BCUT2D eigenvalue weighted by molar-refractivity contribution is 6.32. The van der Waals surface area contributed by atoms with Crippen molar-refractivity contribution in [3.05, 3.63) is 28.8 Å². The van der Waals surface area contributed by atoms with Crippen molar-refractivity contribution < 1.29 is 19.4 Å². The first kappa shape index (κ1) is 18.5. The highest BCUT2D eigenvalue weighted by Gasteiger charge is 2.36. The van der Waals surface area contributed by atoms with Crippen LogP contribution in [0.2, 0.25) is 5.02 Å². The van der Waals surface area contributed by atoms with Gasteiger partial charge in [-0.3, -0.25) is 10.1 Å². The van der Waals surface area contributed by atoms with Crippen LogP contribution in [0.1, 0.15) is 36.0 Å². The number of carboxylic acids is 1. The van der Waals surface area contributed by atoms with Gasteiger partial charge in [0.25, 0.3) is 0 Å². The van der Waals surface area contributed by atoms with Crippen LogP contribution >= 0.6 is 11.6 Å². The van der Waals surface area contributed by atoms with E-state index in [1.54, 1.807) is 4.90 Å². The van der Waals surface area contributed by atoms with Gasteiger partial charge in [0.2, 0.25) is 5.91 Å². The summed E-state index contributed by atoms with van der Waals surface area (Å²) in [6.07, 6.45) is 3.10. The summed E-state index contributed by atoms with van der Waals surface area (Å²) in [5.74, 6) is -0.646. The van der Waals surface area contributed by atoms with Gasteiger partial charge in [-0.1, -0.05) is 11.6 Å². The van der Waals surface area contributed by atoms with Crippen LogP contribution < -0.4 is 10.1 Å². The second-order valence-electron chi connectivity index (χ2n) is 6.57. The maximum absolute atomic E-state index is 12.6. The molecule has 1 aromatic rings. The van der Waals surface area contributed by atoms with E-state index in [4.69, 9.17) is 26.7 Å². The minimum atomic E-state index is -1.05. The topological polar surface area (TPSA) is 103 Å². The summed E-state index contributed by atoms with van der Waals surface area (Å²) in [5, 5.41) is 21.6. The fourth-order valence-corrected chi connectivity index (χ4v) is 3.69. The third-order valence-corrected chi connectivity index (χ3v) is 5.14. The number of nitrogens with zero attached hydrogens (tertiary/aromatic N) is 2. The number of nitrogens with one attached hydrogen (secondary N) is 1. The van der Waals surface area contributed by atoms with Crippen molar-refractivity contribution in [2.45, 2.75) is 43.8 Å². The third-order valence-electron chi connectivity index (χ3n) is 4.84. The highest BCUT2D eigenvalue weighted by Crippen LogP contribution is 2.27. The van der Waals surface area contributed by atoms with Gasteiger partial charge in [0.1, 0.15) is 18.4 Å². The molecule has 26 heavy (non-hydrogen) atoms. The number of aromatic carboxylic acids is 1. The van der Waals surface area contributed by atoms with Gasteiger partial charge in [-0.2, -0.15) is 5.26 Å². The highest BCUT2D eigenvalue weighted by atomic mass is 35.5. The number of nitriles is 1. The van der Waals surface area contributed by atoms with Crippen molar-refractivity contribution in [2.24, 2.45) is 0 Å². The summed E-state index contributed by atoms with van der Waals surface area (Å²) < 4.78 is 5.69. The van der Waals surface area contributed by atoms with E-state index in [9.17, 15) is 9.59 Å². The lowest BCUT2D eigenvalue weighted by atomic mass is 10.1. The molecule has 0 radical (unpaired) electrons. The van der Waals surface area contributed by atoms with Crippen LogP contribution in [0.5, 0.6) is 5.75 Å². The fourth-order valence-electron chi connectivity index (χ4n) is 3.45. The number of amides is 1. The number of hydrogen-bond acceptors (Lipinski definition) is 5. The number of benzene rings is 1. The summed E-state index contributed by atoms with van der Waals surface area (Å²) in [6, 6.07) is 5.91. The Morgan fingerprint density at radius 2 is 2.19 bits per heavy atom. The molecule has 0 spiro atoms. The van der Waals surface area contributed by atoms with Crippen LogP contribution in [0, 0.1) is 11.3 Å². The van der Waals surface area contributed by atoms with Crippen molar-refractivity contribution in [3.63, 3.8) is 0 Å². The van der Waals surface area contributed by atoms with E-state index in [2.05, 4.69) is 11.4 Å². The Bertz CT molecular complexity index is 748. The minimum absolute atomic E-state index is 0.00213. The van der Waals surface area contributed by atoms with Gasteiger partial charge in [0.15, 0.2) is 0 Å². The molecule has 2 heterocycles. The summed E-state index contributed by atoms with van der Waals surface area (Å²) >= 11 is 6.06. The molecule has 8 heteroatoms. The van der Waals surface area contributed by atoms with Crippen molar-refractivity contribution in [2.75, 3.05) is 13.2 Å². The second-order valence-corrected chi connectivity index (χ2v) is 6.98. The van der Waals surface area contributed by atoms with Crippen LogP contribution in [0.15, 0.2) is 18.2 Å². The lowest BCUT2D eigenvalue weighted by molar-refractivity contribution is -0.133. The van der Waals surface area contributed by atoms with E-state index >= 15 is 0 Å². The lowest BCUT2D eigenvalue weighted by Gasteiger charge is -2.24. The van der Waals surface area contributed by atoms with Crippen molar-refractivity contribution >= 4 is 23.5 Å². The molecule has 0 bridgehead atoms. The maximum atomic E-state index is 12.6. The summed E-state index contributed by atoms with van der Waals surface area (Å²) in [5.41, 5.74) is 0.102. The Labute approximate surface area is 156 Å². The van der Waals surface area contributed by atoms with Crippen LogP contribution in [0.4, 0.5) is 0 Å². The Hall–Kier alpha value is -2.30. The molecule has 1 aromatic carbocycles. The molecule has 2 fully saturated rings. The minimum Gasteiger partial charge on any atom is -0.490 e. The number of ether oxygens (including phenoxy) is 1. The van der Waals surface area contributed by atoms with E-state index in [1.165, 1.54) is 18.2 Å². The van der Waals surface area contributed by atoms with Gasteiger partial charge < -0.3 is 14.7 Å². The first-order valence-electron chi connectivity index (χ1n) is 8.61. The molecule has 0 aliphatic carbocycles. The predicted molar refractivity (Wildman–Crippen MR) is 94.2 cm³/mol. The van der Waals surface area contributed by atoms with Crippen LogP contribution in [0.3, 0.4) is 0 Å². The Morgan fingerprint density at radius 1 is 1.38 bits per heavy atom. The smallest absolute Gasteiger partial charge is 0.335 e. The maximum Gasteiger partial charge on any atom is 0.335 e. The van der Waals surface area contributed by atoms with Crippen molar-refractivity contribution in [3.8, 4) is 11.8 Å². The number of likely N-dealkylation sites (tertiary alicyclic amines) is 1. The van der Waals surface area contributed by atoms with Crippen molar-refractivity contribution in [1.82, 2.24) is 10.2 Å². The molecular weight excluding hydrogens is 358 g/mol. The number of carboxylic acid groups (broad SMARTS) is 1. The number of rotatable bonds is 5. The molecule has 3 atom stereocenters. The number of carbonyl (C=O) groups excluding carboxylic acids is 1. The van der Waals surface area contributed by atoms with E-state index in [0.29, 0.717) is 25.3 Å². The molecule has 0 saturated carbocycles. The average molecular weight is 378 g/mol. The summed E-state index contributed by atoms with van der Waals surface area (Å²) in [7, 11) is 0. The SMILES string of the molecule is N#C[C@@H]1CCCN1C(=O)[C@@H]1CC[C@H](COc2ccc(C(=O)O)cc2Cl)N1. The van der Waals surface area contributed by atoms with E-state index in [-0.39, 0.29) is 34.6 Å². The Kier molecular flexibility index (Phi) is 5.64. The molecule has 2 aliphatic heterocycles. The molecule has 138 valence electrons. The van der Waals surface area contributed by atoms with Gasteiger partial charge in [-0.15, -0.1) is 0 Å². The lowest BCUT2D eigenvalue weighted by Crippen LogP contribution is -2.47. The van der Waals surface area contributed by atoms with E-state index in [1.807, 2.05) is 0 Å². The predicted octanol–water partition coefficient (Wildman–Crippen LogP) is 2.05. The average Bonchev–Trinajstić information content (AvgIpc) is 3.29. The molecule has 0 aromatic heterocycles. The second kappa shape index (κ2) is 7.94. The molecular formula is C18H20ClN3O4. The van der Waals surface area contributed by atoms with Gasteiger partial charge in [0, 0.05) is 12.6 Å². The number of halogens is 1. The molecule has 2 aliphatic rings. The van der Waals surface area contributed by atoms with E-state index < -0.39 is 5.97 Å². The Balaban J connectivity index is 1.53. The quantitative estimate of drug-likeness (QED) is 0.814. The first-order valence-corrected chi connectivity index (χ1v) is 8.99. The zero-order valence-electron chi connectivity index (χ0n) is 14.2. The molecule has 2 saturated heterocycles. The number of carbonyl (C=O) groups is 2. The normalized spacial score (nSPS) is 25.1. The molecule has 2 N–H and O–H groups in total. The number of hydrogen-bond donors (Lipinski definition) is 2.